The van der Waals surface area contributed by atoms with Crippen LogP contribution in [0.4, 0.5) is 0 Å². The van der Waals surface area contributed by atoms with Crippen LogP contribution < -0.4 is 11.1 Å². The van der Waals surface area contributed by atoms with Crippen LogP contribution in [0.3, 0.4) is 0 Å². The molecule has 3 atom stereocenters. The van der Waals surface area contributed by atoms with E-state index in [2.05, 4.69) is 43.4 Å². The summed E-state index contributed by atoms with van der Waals surface area (Å²) in [6.45, 7) is 5.27. The zero-order valence-corrected chi connectivity index (χ0v) is 11.7. The molecule has 0 heterocycles. The van der Waals surface area contributed by atoms with Gasteiger partial charge in [-0.25, -0.2) is 0 Å². The van der Waals surface area contributed by atoms with E-state index in [1.165, 1.54) is 30.4 Å². The molecule has 1 fully saturated rings. The molecule has 1 aromatic rings. The molecule has 100 valence electrons. The van der Waals surface area contributed by atoms with Crippen LogP contribution in [0, 0.1) is 5.92 Å². The van der Waals surface area contributed by atoms with E-state index in [0.717, 1.165) is 13.0 Å². The number of rotatable bonds is 5. The van der Waals surface area contributed by atoms with Crippen molar-refractivity contribution in [3.8, 4) is 0 Å². The second-order valence-corrected chi connectivity index (χ2v) is 5.52. The summed E-state index contributed by atoms with van der Waals surface area (Å²) in [5.41, 5.74) is 8.63. The van der Waals surface area contributed by atoms with Gasteiger partial charge in [-0.2, -0.15) is 0 Å². The Hall–Kier alpha value is -0.860. The molecule has 2 heteroatoms. The summed E-state index contributed by atoms with van der Waals surface area (Å²) in [4.78, 5) is 0. The molecule has 2 rings (SSSR count). The number of nitrogens with one attached hydrogen (secondary N) is 1. The fraction of sp³-hybridized carbons (Fsp3) is 0.625. The molecule has 0 spiro atoms. The van der Waals surface area contributed by atoms with Crippen molar-refractivity contribution in [1.29, 1.82) is 0 Å². The zero-order chi connectivity index (χ0) is 13.0. The van der Waals surface area contributed by atoms with Gasteiger partial charge in [0.25, 0.3) is 0 Å². The van der Waals surface area contributed by atoms with Crippen LogP contribution in [0.15, 0.2) is 24.3 Å². The Kier molecular flexibility index (Phi) is 4.79. The third-order valence-electron chi connectivity index (χ3n) is 4.31. The highest BCUT2D eigenvalue weighted by molar-refractivity contribution is 5.24. The summed E-state index contributed by atoms with van der Waals surface area (Å²) >= 11 is 0. The third kappa shape index (κ3) is 3.12. The predicted octanol–water partition coefficient (Wildman–Crippen LogP) is 3.03. The lowest BCUT2D eigenvalue weighted by Crippen LogP contribution is -2.37. The number of aryl methyl sites for hydroxylation is 1. The van der Waals surface area contributed by atoms with Gasteiger partial charge < -0.3 is 11.1 Å². The fourth-order valence-electron chi connectivity index (χ4n) is 3.00. The molecule has 1 aliphatic carbocycles. The molecule has 1 aromatic carbocycles. The maximum atomic E-state index is 5.84. The van der Waals surface area contributed by atoms with Crippen molar-refractivity contribution in [3.63, 3.8) is 0 Å². The molecule has 3 unspecified atom stereocenters. The molecule has 3 N–H and O–H groups in total. The largest absolute Gasteiger partial charge is 0.330 e. The molecular weight excluding hydrogens is 220 g/mol. The number of hydrogen-bond donors (Lipinski definition) is 2. The number of nitrogens with two attached hydrogens (primary N) is 1. The van der Waals surface area contributed by atoms with E-state index in [1.807, 2.05) is 0 Å². The van der Waals surface area contributed by atoms with Crippen molar-refractivity contribution >= 4 is 0 Å². The lowest BCUT2D eigenvalue weighted by Gasteiger charge is -2.24. The van der Waals surface area contributed by atoms with Crippen LogP contribution in [0.25, 0.3) is 0 Å². The van der Waals surface area contributed by atoms with Gasteiger partial charge in [-0.3, -0.25) is 0 Å². The first kappa shape index (κ1) is 13.6. The summed E-state index contributed by atoms with van der Waals surface area (Å²) in [6.07, 6.45) is 5.00. The van der Waals surface area contributed by atoms with Crippen LogP contribution >= 0.6 is 0 Å². The van der Waals surface area contributed by atoms with Crippen molar-refractivity contribution in [2.45, 2.75) is 51.6 Å². The van der Waals surface area contributed by atoms with E-state index in [4.69, 9.17) is 5.73 Å². The first-order chi connectivity index (χ1) is 8.74. The van der Waals surface area contributed by atoms with Crippen LogP contribution in [-0.2, 0) is 6.42 Å². The standard InChI is InChI=1S/C16H26N2/c1-3-13-7-9-14(10-8-13)12(2)18-16-6-4-5-15(16)11-17/h7-10,12,15-16,18H,3-6,11,17H2,1-2H3. The van der Waals surface area contributed by atoms with Crippen molar-refractivity contribution in [1.82, 2.24) is 5.32 Å². The molecule has 0 amide bonds. The maximum Gasteiger partial charge on any atom is 0.0294 e. The van der Waals surface area contributed by atoms with Crippen LogP contribution in [0.5, 0.6) is 0 Å². The normalized spacial score (nSPS) is 25.3. The second kappa shape index (κ2) is 6.35. The van der Waals surface area contributed by atoms with E-state index in [0.29, 0.717) is 18.0 Å². The Morgan fingerprint density at radius 3 is 2.61 bits per heavy atom. The predicted molar refractivity (Wildman–Crippen MR) is 77.6 cm³/mol. The first-order valence-corrected chi connectivity index (χ1v) is 7.29. The quantitative estimate of drug-likeness (QED) is 0.838. The lowest BCUT2D eigenvalue weighted by atomic mass is 10.0. The van der Waals surface area contributed by atoms with E-state index < -0.39 is 0 Å². The Morgan fingerprint density at radius 1 is 1.28 bits per heavy atom. The number of hydrogen-bond acceptors (Lipinski definition) is 2. The van der Waals surface area contributed by atoms with Crippen LogP contribution in [0.2, 0.25) is 0 Å². The molecule has 18 heavy (non-hydrogen) atoms. The van der Waals surface area contributed by atoms with Gasteiger partial charge in [-0.15, -0.1) is 0 Å². The van der Waals surface area contributed by atoms with Crippen molar-refractivity contribution in [2.75, 3.05) is 6.54 Å². The van der Waals surface area contributed by atoms with Gasteiger partial charge in [-0.05, 0) is 49.8 Å². The monoisotopic (exact) mass is 246 g/mol. The smallest absolute Gasteiger partial charge is 0.0294 e. The maximum absolute atomic E-state index is 5.84. The first-order valence-electron chi connectivity index (χ1n) is 7.29. The summed E-state index contributed by atoms with van der Waals surface area (Å²) < 4.78 is 0. The lowest BCUT2D eigenvalue weighted by molar-refractivity contribution is 0.373. The molecule has 1 saturated carbocycles. The molecular formula is C16H26N2. The van der Waals surface area contributed by atoms with Crippen molar-refractivity contribution in [3.05, 3.63) is 35.4 Å². The minimum Gasteiger partial charge on any atom is -0.330 e. The summed E-state index contributed by atoms with van der Waals surface area (Å²) in [7, 11) is 0. The van der Waals surface area contributed by atoms with Gasteiger partial charge in [0.1, 0.15) is 0 Å². The van der Waals surface area contributed by atoms with Gasteiger partial charge in [0.05, 0.1) is 0 Å². The Labute approximate surface area is 111 Å². The minimum atomic E-state index is 0.424. The highest BCUT2D eigenvalue weighted by atomic mass is 15.0. The number of benzene rings is 1. The zero-order valence-electron chi connectivity index (χ0n) is 11.7. The topological polar surface area (TPSA) is 38.0 Å². The average Bonchev–Trinajstić information content (AvgIpc) is 2.86. The van der Waals surface area contributed by atoms with Crippen LogP contribution in [0.1, 0.15) is 50.3 Å². The molecule has 0 aliphatic heterocycles. The minimum absolute atomic E-state index is 0.424. The molecule has 0 aromatic heterocycles. The van der Waals surface area contributed by atoms with Gasteiger partial charge in [0.2, 0.25) is 0 Å². The highest BCUT2D eigenvalue weighted by Crippen LogP contribution is 2.27. The van der Waals surface area contributed by atoms with Gasteiger partial charge in [0.15, 0.2) is 0 Å². The Bertz CT molecular complexity index is 358. The Balaban J connectivity index is 1.95. The molecule has 0 radical (unpaired) electrons. The van der Waals surface area contributed by atoms with Gasteiger partial charge in [0, 0.05) is 12.1 Å². The van der Waals surface area contributed by atoms with E-state index in [-0.39, 0.29) is 0 Å². The van der Waals surface area contributed by atoms with Gasteiger partial charge in [-0.1, -0.05) is 37.6 Å². The van der Waals surface area contributed by atoms with E-state index >= 15 is 0 Å². The molecule has 2 nitrogen and oxygen atoms in total. The molecule has 0 saturated heterocycles. The molecule has 1 aliphatic rings. The fourth-order valence-corrected chi connectivity index (χ4v) is 3.00. The SMILES string of the molecule is CCc1ccc(C(C)NC2CCCC2CN)cc1. The second-order valence-electron chi connectivity index (χ2n) is 5.52. The van der Waals surface area contributed by atoms with E-state index in [9.17, 15) is 0 Å². The van der Waals surface area contributed by atoms with E-state index in [1.54, 1.807) is 0 Å². The Morgan fingerprint density at radius 2 is 2.00 bits per heavy atom. The molecule has 0 bridgehead atoms. The van der Waals surface area contributed by atoms with Crippen molar-refractivity contribution < 1.29 is 0 Å². The summed E-state index contributed by atoms with van der Waals surface area (Å²) in [5, 5.41) is 3.75. The summed E-state index contributed by atoms with van der Waals surface area (Å²) in [6, 6.07) is 10.0. The van der Waals surface area contributed by atoms with Crippen molar-refractivity contribution in [2.24, 2.45) is 11.7 Å². The average molecular weight is 246 g/mol. The third-order valence-corrected chi connectivity index (χ3v) is 4.31. The summed E-state index contributed by atoms with van der Waals surface area (Å²) in [5.74, 6) is 0.669. The van der Waals surface area contributed by atoms with Crippen LogP contribution in [-0.4, -0.2) is 12.6 Å². The van der Waals surface area contributed by atoms with Gasteiger partial charge >= 0.3 is 0 Å². The highest BCUT2D eigenvalue weighted by Gasteiger charge is 2.26.